The zero-order chi connectivity index (χ0) is 24.3. The molecule has 1 aromatic carbocycles. The van der Waals surface area contributed by atoms with Crippen molar-refractivity contribution >= 4 is 14.4 Å². The summed E-state index contributed by atoms with van der Waals surface area (Å²) in [7, 11) is 1.24. The first-order valence-electron chi connectivity index (χ1n) is 11.7. The van der Waals surface area contributed by atoms with Gasteiger partial charge < -0.3 is 24.1 Å². The maximum atomic E-state index is 12.9. The van der Waals surface area contributed by atoms with E-state index in [1.165, 1.54) is 0 Å². The number of likely N-dealkylation sites (tertiary alicyclic amines) is 1. The van der Waals surface area contributed by atoms with Crippen LogP contribution in [0.4, 0.5) is 4.79 Å². The van der Waals surface area contributed by atoms with E-state index in [1.807, 2.05) is 65.2 Å². The minimum Gasteiger partial charge on any atom is -0.497 e. The first-order valence-corrected chi connectivity index (χ1v) is 14.6. The third-order valence-electron chi connectivity index (χ3n) is 6.88. The number of hydrogen-bond acceptors (Lipinski definition) is 5. The van der Waals surface area contributed by atoms with Crippen LogP contribution in [-0.2, 0) is 4.74 Å². The Bertz CT molecular complexity index is 770. The van der Waals surface area contributed by atoms with E-state index in [9.17, 15) is 9.59 Å². The van der Waals surface area contributed by atoms with Gasteiger partial charge in [-0.3, -0.25) is 0 Å². The third-order valence-corrected chi connectivity index (χ3v) is 10.4. The lowest BCUT2D eigenvalue weighted by Gasteiger charge is -2.37. The summed E-state index contributed by atoms with van der Waals surface area (Å²) >= 11 is 0. The molecule has 1 aromatic rings. The van der Waals surface area contributed by atoms with Crippen molar-refractivity contribution in [2.24, 2.45) is 5.92 Å². The van der Waals surface area contributed by atoms with Gasteiger partial charge in [-0.05, 0) is 81.9 Å². The minimum atomic E-state index is -2.23. The fourth-order valence-electron chi connectivity index (χ4n) is 4.22. The minimum absolute atomic E-state index is 0.0207. The summed E-state index contributed by atoms with van der Waals surface area (Å²) in [6.07, 6.45) is 1.83. The van der Waals surface area contributed by atoms with Crippen molar-refractivity contribution in [3.63, 3.8) is 0 Å². The molecule has 7 heteroatoms. The zero-order valence-electron chi connectivity index (χ0n) is 21.6. The smallest absolute Gasteiger partial charge is 0.410 e. The van der Waals surface area contributed by atoms with Gasteiger partial charge in [-0.25, -0.2) is 4.79 Å². The van der Waals surface area contributed by atoms with Crippen LogP contribution in [0.1, 0.15) is 59.1 Å². The van der Waals surface area contributed by atoms with Crippen LogP contribution in [0.3, 0.4) is 0 Å². The SMILES string of the molecule is COc1cccc([C@@H](CN2CC[C@H](CC(C)(C)[Si](C)(C)O)C2)N(C)C(=O)OC(C)(C)C)c1. The second kappa shape index (κ2) is 10.1. The maximum Gasteiger partial charge on any atom is 0.410 e. The second-order valence-corrected chi connectivity index (χ2v) is 15.9. The number of nitrogens with zero attached hydrogens (tertiary/aromatic N) is 2. The third kappa shape index (κ3) is 7.22. The van der Waals surface area contributed by atoms with Crippen LogP contribution >= 0.6 is 0 Å². The average Bonchev–Trinajstić information content (AvgIpc) is 3.09. The number of carbonyl (C=O) groups is 1. The summed E-state index contributed by atoms with van der Waals surface area (Å²) in [4.78, 5) is 27.7. The van der Waals surface area contributed by atoms with E-state index in [0.717, 1.165) is 43.8 Å². The van der Waals surface area contributed by atoms with Gasteiger partial charge in [0.2, 0.25) is 0 Å². The Morgan fingerprint density at radius 3 is 2.50 bits per heavy atom. The number of hydrogen-bond donors (Lipinski definition) is 1. The average molecular weight is 465 g/mol. The molecule has 1 aliphatic heterocycles. The molecule has 0 unspecified atom stereocenters. The number of benzene rings is 1. The van der Waals surface area contributed by atoms with E-state index < -0.39 is 13.9 Å². The van der Waals surface area contributed by atoms with E-state index in [4.69, 9.17) is 9.47 Å². The topological polar surface area (TPSA) is 62.2 Å². The fourth-order valence-corrected chi connectivity index (χ4v) is 5.01. The molecule has 2 rings (SSSR count). The number of methoxy groups -OCH3 is 1. The summed E-state index contributed by atoms with van der Waals surface area (Å²) in [5.74, 6) is 1.34. The van der Waals surface area contributed by atoms with Crippen molar-refractivity contribution in [1.82, 2.24) is 9.80 Å². The summed E-state index contributed by atoms with van der Waals surface area (Å²) in [6.45, 7) is 16.9. The zero-order valence-corrected chi connectivity index (χ0v) is 22.6. The van der Waals surface area contributed by atoms with Crippen molar-refractivity contribution < 1.29 is 19.1 Å². The number of likely N-dealkylation sites (N-methyl/N-ethyl adjacent to an activating group) is 1. The summed E-state index contributed by atoms with van der Waals surface area (Å²) < 4.78 is 11.1. The lowest BCUT2D eigenvalue weighted by molar-refractivity contribution is 0.0189. The highest BCUT2D eigenvalue weighted by Gasteiger charge is 2.41. The molecular formula is C25H44N2O4Si. The molecule has 1 saturated heterocycles. The Kier molecular flexibility index (Phi) is 8.45. The molecule has 1 aliphatic rings. The predicted octanol–water partition coefficient (Wildman–Crippen LogP) is 5.29. The van der Waals surface area contributed by atoms with Crippen molar-refractivity contribution in [3.05, 3.63) is 29.8 Å². The van der Waals surface area contributed by atoms with Gasteiger partial charge in [0.25, 0.3) is 0 Å². The van der Waals surface area contributed by atoms with E-state index in [0.29, 0.717) is 5.92 Å². The molecule has 1 amide bonds. The van der Waals surface area contributed by atoms with Crippen molar-refractivity contribution in [1.29, 1.82) is 0 Å². The summed E-state index contributed by atoms with van der Waals surface area (Å²) in [5.41, 5.74) is 0.487. The quantitative estimate of drug-likeness (QED) is 0.530. The molecule has 6 nitrogen and oxygen atoms in total. The summed E-state index contributed by atoms with van der Waals surface area (Å²) in [5, 5.41) is -0.0207. The van der Waals surface area contributed by atoms with Crippen LogP contribution in [0.25, 0.3) is 0 Å². The van der Waals surface area contributed by atoms with Crippen molar-refractivity contribution in [2.75, 3.05) is 33.8 Å². The maximum absolute atomic E-state index is 12.9. The van der Waals surface area contributed by atoms with Gasteiger partial charge in [0.05, 0.1) is 13.2 Å². The van der Waals surface area contributed by atoms with Crippen LogP contribution in [0.15, 0.2) is 24.3 Å². The highest BCUT2D eigenvalue weighted by atomic mass is 28.4. The number of ether oxygens (including phenoxy) is 2. The highest BCUT2D eigenvalue weighted by Crippen LogP contribution is 2.43. The largest absolute Gasteiger partial charge is 0.497 e. The molecule has 0 spiro atoms. The Morgan fingerprint density at radius 2 is 1.94 bits per heavy atom. The van der Waals surface area contributed by atoms with E-state index in [1.54, 1.807) is 12.0 Å². The molecule has 0 radical (unpaired) electrons. The number of rotatable bonds is 8. The van der Waals surface area contributed by atoms with E-state index in [-0.39, 0.29) is 17.2 Å². The monoisotopic (exact) mass is 464 g/mol. The lowest BCUT2D eigenvalue weighted by atomic mass is 9.95. The Labute approximate surface area is 196 Å². The molecule has 0 aromatic heterocycles. The highest BCUT2D eigenvalue weighted by molar-refractivity contribution is 6.72. The number of amides is 1. The van der Waals surface area contributed by atoms with Crippen LogP contribution in [0.5, 0.6) is 5.75 Å². The summed E-state index contributed by atoms with van der Waals surface area (Å²) in [6, 6.07) is 7.79. The first kappa shape index (κ1) is 26.7. The van der Waals surface area contributed by atoms with Gasteiger partial charge in [-0.1, -0.05) is 26.0 Å². The van der Waals surface area contributed by atoms with Gasteiger partial charge in [-0.2, -0.15) is 0 Å². The van der Waals surface area contributed by atoms with Gasteiger partial charge in [0.15, 0.2) is 8.32 Å². The molecule has 32 heavy (non-hydrogen) atoms. The van der Waals surface area contributed by atoms with Gasteiger partial charge in [0.1, 0.15) is 11.4 Å². The van der Waals surface area contributed by atoms with Crippen molar-refractivity contribution in [3.8, 4) is 5.75 Å². The first-order chi connectivity index (χ1) is 14.6. The fraction of sp³-hybridized carbons (Fsp3) is 0.720. The Morgan fingerprint density at radius 1 is 1.28 bits per heavy atom. The molecule has 0 bridgehead atoms. The number of carbonyl (C=O) groups excluding carboxylic acids is 1. The Hall–Kier alpha value is -1.57. The van der Waals surface area contributed by atoms with Gasteiger partial charge in [0, 0.05) is 20.1 Å². The molecule has 0 aliphatic carbocycles. The van der Waals surface area contributed by atoms with Gasteiger partial charge >= 0.3 is 6.09 Å². The molecule has 2 atom stereocenters. The molecule has 1 heterocycles. The van der Waals surface area contributed by atoms with E-state index in [2.05, 4.69) is 18.7 Å². The van der Waals surface area contributed by atoms with Crippen LogP contribution in [0.2, 0.25) is 18.1 Å². The van der Waals surface area contributed by atoms with Crippen molar-refractivity contribution in [2.45, 2.75) is 77.2 Å². The van der Waals surface area contributed by atoms with Crippen LogP contribution in [0, 0.1) is 5.92 Å². The van der Waals surface area contributed by atoms with Crippen LogP contribution in [-0.4, -0.2) is 68.4 Å². The standard InChI is InChI=1S/C25H44N2O4Si/c1-24(2,3)31-23(28)26(6)22(20-11-10-12-21(15-20)30-7)18-27-14-13-19(17-27)16-25(4,5)32(8,9)29/h10-12,15,19,22,29H,13-14,16-18H2,1-9H3/t19-,22-/m1/s1. The molecule has 1 fully saturated rings. The van der Waals surface area contributed by atoms with Crippen LogP contribution < -0.4 is 4.74 Å². The molecule has 182 valence electrons. The van der Waals surface area contributed by atoms with E-state index >= 15 is 0 Å². The molecule has 1 N–H and O–H groups in total. The lowest BCUT2D eigenvalue weighted by Crippen LogP contribution is -2.42. The van der Waals surface area contributed by atoms with Gasteiger partial charge in [-0.15, -0.1) is 0 Å². The predicted molar refractivity (Wildman–Crippen MR) is 133 cm³/mol. The normalized spacial score (nSPS) is 19.0. The molecule has 0 saturated carbocycles. The molecular weight excluding hydrogens is 420 g/mol. The Balaban J connectivity index is 2.18. The second-order valence-electron chi connectivity index (χ2n) is 11.4.